The van der Waals surface area contributed by atoms with Crippen molar-refractivity contribution in [2.24, 2.45) is 15.8 Å². The van der Waals surface area contributed by atoms with E-state index in [2.05, 4.69) is 57.0 Å². The number of likely N-dealkylation sites (tertiary alicyclic amines) is 1. The van der Waals surface area contributed by atoms with Gasteiger partial charge in [0.05, 0.1) is 5.41 Å². The van der Waals surface area contributed by atoms with Crippen LogP contribution in [0.4, 0.5) is 4.79 Å². The largest absolute Gasteiger partial charge is 0.335 e. The van der Waals surface area contributed by atoms with Crippen LogP contribution in [0.25, 0.3) is 0 Å². The first-order valence-electron chi connectivity index (χ1n) is 11.8. The molecular formula is C24H40N4O2S. The molecule has 0 aromatic carbocycles. The van der Waals surface area contributed by atoms with Crippen LogP contribution in [-0.4, -0.2) is 39.9 Å². The normalized spacial score (nSPS) is 26.1. The second kappa shape index (κ2) is 8.72. The molecule has 1 aromatic heterocycles. The molecule has 1 aliphatic heterocycles. The molecule has 2 heterocycles. The number of aromatic nitrogens is 1. The number of urea groups is 1. The zero-order valence-electron chi connectivity index (χ0n) is 20.4. The fourth-order valence-electron chi connectivity index (χ4n) is 4.45. The summed E-state index contributed by atoms with van der Waals surface area (Å²) in [5.41, 5.74) is 0.163. The van der Waals surface area contributed by atoms with Crippen LogP contribution >= 0.6 is 11.5 Å². The molecule has 1 saturated carbocycles. The number of hydrogen-bond donors (Lipinski definition) is 1. The van der Waals surface area contributed by atoms with Crippen LogP contribution in [0, 0.1) is 10.8 Å². The zero-order valence-corrected chi connectivity index (χ0v) is 21.2. The number of hydrogen-bond acceptors (Lipinski definition) is 3. The van der Waals surface area contributed by atoms with Crippen molar-refractivity contribution in [3.63, 3.8) is 0 Å². The molecule has 3 amide bonds. The lowest BCUT2D eigenvalue weighted by Gasteiger charge is -2.40. The monoisotopic (exact) mass is 448 g/mol. The fourth-order valence-corrected chi connectivity index (χ4v) is 5.48. The van der Waals surface area contributed by atoms with Gasteiger partial charge in [0.15, 0.2) is 0 Å². The van der Waals surface area contributed by atoms with E-state index < -0.39 is 5.41 Å². The van der Waals surface area contributed by atoms with Gasteiger partial charge < -0.3 is 10.2 Å². The molecule has 174 valence electrons. The number of amides is 3. The first kappa shape index (κ1) is 24.0. The first-order valence-corrected chi connectivity index (χ1v) is 12.5. The average Bonchev–Trinajstić information content (AvgIpc) is 3.13. The number of unbranched alkanes of at least 4 members (excludes halogenated alkanes) is 1. The number of rotatable bonds is 5. The summed E-state index contributed by atoms with van der Waals surface area (Å²) in [6.45, 7) is 16.6. The summed E-state index contributed by atoms with van der Waals surface area (Å²) in [6.07, 6.45) is 7.93. The Bertz CT molecular complexity index is 888. The number of carbonyl (C=O) groups excluding carboxylic acids is 2. The van der Waals surface area contributed by atoms with Gasteiger partial charge in [-0.2, -0.15) is 0 Å². The van der Waals surface area contributed by atoms with Crippen molar-refractivity contribution in [1.29, 1.82) is 0 Å². The highest BCUT2D eigenvalue weighted by Crippen LogP contribution is 2.53. The number of nitrogens with one attached hydrogen (secondary N) is 1. The summed E-state index contributed by atoms with van der Waals surface area (Å²) in [6, 6.07) is -0.0172. The Balaban J connectivity index is 1.86. The molecule has 1 aliphatic carbocycles. The summed E-state index contributed by atoms with van der Waals surface area (Å²) in [7, 11) is 0. The van der Waals surface area contributed by atoms with Gasteiger partial charge >= 0.3 is 6.03 Å². The summed E-state index contributed by atoms with van der Waals surface area (Å²) in [4.78, 5) is 32.6. The van der Waals surface area contributed by atoms with Crippen LogP contribution in [0.15, 0.2) is 11.2 Å². The van der Waals surface area contributed by atoms with Crippen molar-refractivity contribution in [3.8, 4) is 0 Å². The Morgan fingerprint density at radius 1 is 1.26 bits per heavy atom. The van der Waals surface area contributed by atoms with Gasteiger partial charge in [-0.3, -0.25) is 8.75 Å². The lowest BCUT2D eigenvalue weighted by Crippen LogP contribution is -2.55. The van der Waals surface area contributed by atoms with Gasteiger partial charge in [-0.1, -0.05) is 34.1 Å². The predicted molar refractivity (Wildman–Crippen MR) is 126 cm³/mol. The molecular weight excluding hydrogens is 408 g/mol. The fraction of sp³-hybridized carbons (Fsp3) is 0.792. The molecule has 0 bridgehead atoms. The second-order valence-corrected chi connectivity index (χ2v) is 12.0. The number of nitrogens with zero attached hydrogens (tertiary/aromatic N) is 3. The summed E-state index contributed by atoms with van der Waals surface area (Å²) >= 11 is 1.58. The third-order valence-electron chi connectivity index (χ3n) is 7.54. The van der Waals surface area contributed by atoms with Gasteiger partial charge in [0.2, 0.25) is 0 Å². The lowest BCUT2D eigenvalue weighted by molar-refractivity contribution is -0.132. The van der Waals surface area contributed by atoms with Crippen LogP contribution < -0.4 is 9.99 Å². The van der Waals surface area contributed by atoms with Gasteiger partial charge in [0.1, 0.15) is 4.67 Å². The summed E-state index contributed by atoms with van der Waals surface area (Å²) in [5, 5.41) is 3.20. The molecule has 6 nitrogen and oxygen atoms in total. The molecule has 31 heavy (non-hydrogen) atoms. The minimum Gasteiger partial charge on any atom is -0.335 e. The molecule has 1 N–H and O–H groups in total. The van der Waals surface area contributed by atoms with E-state index in [1.54, 1.807) is 11.5 Å². The first-order chi connectivity index (χ1) is 14.4. The van der Waals surface area contributed by atoms with E-state index >= 15 is 0 Å². The quantitative estimate of drug-likeness (QED) is 0.710. The summed E-state index contributed by atoms with van der Waals surface area (Å²) < 4.78 is 3.06. The smallest absolute Gasteiger partial charge is 0.317 e. The molecule has 3 rings (SSSR count). The van der Waals surface area contributed by atoms with E-state index in [0.717, 1.165) is 61.8 Å². The van der Waals surface area contributed by atoms with Crippen molar-refractivity contribution in [2.45, 2.75) is 98.6 Å². The lowest BCUT2D eigenvalue weighted by atomic mass is 9.67. The maximum Gasteiger partial charge on any atom is 0.317 e. The molecule has 0 unspecified atom stereocenters. The Labute approximate surface area is 191 Å². The molecule has 0 spiro atoms. The number of aryl methyl sites for hydroxylation is 1. The Morgan fingerprint density at radius 3 is 2.48 bits per heavy atom. The van der Waals surface area contributed by atoms with Crippen molar-refractivity contribution in [2.75, 3.05) is 13.1 Å². The number of carbonyl (C=O) groups is 2. The molecule has 2 atom stereocenters. The van der Waals surface area contributed by atoms with Gasteiger partial charge in [-0.05, 0) is 69.8 Å². The van der Waals surface area contributed by atoms with E-state index in [4.69, 9.17) is 4.99 Å². The third-order valence-corrected chi connectivity index (χ3v) is 8.91. The van der Waals surface area contributed by atoms with Crippen LogP contribution in [0.2, 0.25) is 0 Å². The molecule has 7 heteroatoms. The minimum atomic E-state index is -0.599. The molecule has 0 radical (unpaired) electrons. The van der Waals surface area contributed by atoms with Crippen molar-refractivity contribution < 1.29 is 9.59 Å². The minimum absolute atomic E-state index is 0.00397. The topological polar surface area (TPSA) is 66.7 Å². The van der Waals surface area contributed by atoms with Gasteiger partial charge in [-0.25, -0.2) is 9.79 Å². The van der Waals surface area contributed by atoms with E-state index in [0.29, 0.717) is 0 Å². The molecule has 2 fully saturated rings. The van der Waals surface area contributed by atoms with Crippen LogP contribution in [-0.2, 0) is 16.8 Å². The second-order valence-electron chi connectivity index (χ2n) is 11.0. The molecule has 2 aliphatic rings. The maximum atomic E-state index is 13.6. The highest BCUT2D eigenvalue weighted by molar-refractivity contribution is 7.04. The van der Waals surface area contributed by atoms with Crippen LogP contribution in [0.1, 0.15) is 86.1 Å². The van der Waals surface area contributed by atoms with E-state index in [1.165, 1.54) is 0 Å². The van der Waals surface area contributed by atoms with Gasteiger partial charge in [0.25, 0.3) is 5.91 Å². The van der Waals surface area contributed by atoms with E-state index in [9.17, 15) is 9.59 Å². The van der Waals surface area contributed by atoms with Gasteiger partial charge in [0, 0.05) is 36.4 Å². The molecule has 1 aromatic rings. The molecule has 1 saturated heterocycles. The zero-order chi connectivity index (χ0) is 23.0. The highest BCUT2D eigenvalue weighted by atomic mass is 32.1. The Kier molecular flexibility index (Phi) is 6.76. The Hall–Kier alpha value is -1.63. The average molecular weight is 449 g/mol. The van der Waals surface area contributed by atoms with Gasteiger partial charge in [-0.15, -0.1) is 0 Å². The predicted octanol–water partition coefficient (Wildman–Crippen LogP) is 4.68. The van der Waals surface area contributed by atoms with Crippen LogP contribution in [0.5, 0.6) is 0 Å². The Morgan fingerprint density at radius 2 is 1.94 bits per heavy atom. The maximum absolute atomic E-state index is 13.6. The van der Waals surface area contributed by atoms with Crippen LogP contribution in [0.3, 0.4) is 0 Å². The van der Waals surface area contributed by atoms with Crippen molar-refractivity contribution in [1.82, 2.24) is 14.2 Å². The third kappa shape index (κ3) is 4.62. The van der Waals surface area contributed by atoms with E-state index in [1.807, 2.05) is 11.8 Å². The standard InChI is InChI=1S/C24H40N4O2S/c1-8-9-11-17-16-28(22(2,3)4)31-19(17)26-20(29)24(7)13-12-18(23(24,5)6)25-21(30)27-14-10-15-27/h16,18H,8-15H2,1-7H3,(H,25,30)/t18-,24-/m0/s1. The van der Waals surface area contributed by atoms with Crippen molar-refractivity contribution >= 4 is 23.5 Å². The highest BCUT2D eigenvalue weighted by Gasteiger charge is 2.56. The summed E-state index contributed by atoms with van der Waals surface area (Å²) in [5.74, 6) is -0.0566. The SMILES string of the molecule is CCCCc1cn(C(C)(C)C)sc1=NC(=O)[C@]1(C)CC[C@H](NC(=O)N2CCC2)C1(C)C. The van der Waals surface area contributed by atoms with Crippen molar-refractivity contribution in [3.05, 3.63) is 16.4 Å². The van der Waals surface area contributed by atoms with E-state index in [-0.39, 0.29) is 28.9 Å².